The summed E-state index contributed by atoms with van der Waals surface area (Å²) in [6, 6.07) is 9.06. The largest absolute Gasteiger partial charge is 0.503 e. The van der Waals surface area contributed by atoms with Gasteiger partial charge in [-0.25, -0.2) is 8.78 Å². The third-order valence-corrected chi connectivity index (χ3v) is 4.56. The second kappa shape index (κ2) is 6.05. The molecule has 136 valence electrons. The predicted octanol–water partition coefficient (Wildman–Crippen LogP) is 4.70. The van der Waals surface area contributed by atoms with E-state index in [2.05, 4.69) is 5.16 Å². The van der Waals surface area contributed by atoms with E-state index in [9.17, 15) is 18.7 Å². The molecule has 4 aromatic rings. The van der Waals surface area contributed by atoms with E-state index in [1.54, 1.807) is 42.7 Å². The summed E-state index contributed by atoms with van der Waals surface area (Å²) in [4.78, 5) is 11.9. The Labute approximate surface area is 152 Å². The lowest BCUT2D eigenvalue weighted by Crippen LogP contribution is -2.01. The van der Waals surface area contributed by atoms with Crippen LogP contribution in [0, 0.1) is 25.5 Å². The zero-order valence-electron chi connectivity index (χ0n) is 14.5. The number of hydrogen-bond acceptors (Lipinski definition) is 4. The molecule has 1 N–H and O–H groups in total. The van der Waals surface area contributed by atoms with Crippen LogP contribution in [0.1, 0.15) is 21.8 Å². The zero-order valence-corrected chi connectivity index (χ0v) is 14.5. The van der Waals surface area contributed by atoms with Crippen molar-refractivity contribution in [1.29, 1.82) is 0 Å². The quantitative estimate of drug-likeness (QED) is 0.532. The van der Waals surface area contributed by atoms with Gasteiger partial charge in [0.15, 0.2) is 23.7 Å². The smallest absolute Gasteiger partial charge is 0.187 e. The van der Waals surface area contributed by atoms with Crippen LogP contribution in [0.2, 0.25) is 0 Å². The summed E-state index contributed by atoms with van der Waals surface area (Å²) in [5.41, 5.74) is 2.60. The Morgan fingerprint density at radius 3 is 2.41 bits per heavy atom. The van der Waals surface area contributed by atoms with E-state index < -0.39 is 17.4 Å². The number of rotatable bonds is 3. The summed E-state index contributed by atoms with van der Waals surface area (Å²) in [5, 5.41) is 14.0. The number of carbonyl (C=O) groups excluding carboxylic acids is 1. The Kier molecular flexibility index (Phi) is 3.80. The highest BCUT2D eigenvalue weighted by molar-refractivity contribution is 6.06. The fourth-order valence-electron chi connectivity index (χ4n) is 3.40. The Bertz CT molecular complexity index is 1170. The number of carbonyl (C=O) groups is 1. The molecule has 0 radical (unpaired) electrons. The van der Waals surface area contributed by atoms with Crippen molar-refractivity contribution in [3.05, 3.63) is 65.1 Å². The molecule has 0 aliphatic heterocycles. The van der Waals surface area contributed by atoms with Gasteiger partial charge in [-0.2, -0.15) is 0 Å². The predicted molar refractivity (Wildman–Crippen MR) is 95.2 cm³/mol. The standard InChI is InChI=1S/C20H14F2N2O3/c1-10-18(11(2)27-23-10)19-14(9-25)13-5-3-4-6-17(13)24(19)12-7-15(21)20(26)16(22)8-12/h3-9,26H,1-2H3. The van der Waals surface area contributed by atoms with Gasteiger partial charge >= 0.3 is 0 Å². The number of para-hydroxylation sites is 1. The van der Waals surface area contributed by atoms with Crippen LogP contribution in [0.5, 0.6) is 5.75 Å². The molecule has 27 heavy (non-hydrogen) atoms. The molecule has 0 saturated heterocycles. The Balaban J connectivity index is 2.21. The molecule has 0 aliphatic carbocycles. The van der Waals surface area contributed by atoms with E-state index in [1.807, 2.05) is 0 Å². The lowest BCUT2D eigenvalue weighted by molar-refractivity contribution is 0.112. The van der Waals surface area contributed by atoms with E-state index >= 15 is 0 Å². The fourth-order valence-corrected chi connectivity index (χ4v) is 3.40. The number of benzene rings is 2. The van der Waals surface area contributed by atoms with E-state index in [1.165, 1.54) is 0 Å². The lowest BCUT2D eigenvalue weighted by atomic mass is 10.0. The molecule has 7 heteroatoms. The summed E-state index contributed by atoms with van der Waals surface area (Å²) in [7, 11) is 0. The van der Waals surface area contributed by atoms with E-state index in [0.29, 0.717) is 45.5 Å². The maximum Gasteiger partial charge on any atom is 0.187 e. The van der Waals surface area contributed by atoms with Crippen LogP contribution in [-0.4, -0.2) is 21.1 Å². The number of phenols is 1. The van der Waals surface area contributed by atoms with Crippen LogP contribution in [0.3, 0.4) is 0 Å². The van der Waals surface area contributed by atoms with Crippen molar-refractivity contribution in [2.75, 3.05) is 0 Å². The van der Waals surface area contributed by atoms with Gasteiger partial charge in [0.25, 0.3) is 0 Å². The van der Waals surface area contributed by atoms with Crippen molar-refractivity contribution in [2.24, 2.45) is 0 Å². The number of aldehydes is 1. The van der Waals surface area contributed by atoms with Crippen LogP contribution in [0.4, 0.5) is 8.78 Å². The Morgan fingerprint density at radius 1 is 1.15 bits per heavy atom. The molecular formula is C20H14F2N2O3. The van der Waals surface area contributed by atoms with Gasteiger partial charge in [0.1, 0.15) is 5.76 Å². The minimum atomic E-state index is -1.10. The molecule has 0 spiro atoms. The molecule has 0 amide bonds. The first kappa shape index (κ1) is 17.0. The van der Waals surface area contributed by atoms with Gasteiger partial charge < -0.3 is 14.2 Å². The molecule has 0 fully saturated rings. The maximum absolute atomic E-state index is 14.0. The van der Waals surface area contributed by atoms with Crippen molar-refractivity contribution in [2.45, 2.75) is 13.8 Å². The molecule has 0 saturated carbocycles. The second-order valence-corrected chi connectivity index (χ2v) is 6.19. The molecule has 0 bridgehead atoms. The van der Waals surface area contributed by atoms with Crippen LogP contribution in [-0.2, 0) is 0 Å². The van der Waals surface area contributed by atoms with Crippen molar-refractivity contribution < 1.29 is 23.2 Å². The summed E-state index contributed by atoms with van der Waals surface area (Å²) >= 11 is 0. The summed E-state index contributed by atoms with van der Waals surface area (Å²) in [6.45, 7) is 3.42. The fraction of sp³-hybridized carbons (Fsp3) is 0.100. The van der Waals surface area contributed by atoms with Crippen molar-refractivity contribution in [3.63, 3.8) is 0 Å². The number of fused-ring (bicyclic) bond motifs is 1. The molecule has 4 rings (SSSR count). The van der Waals surface area contributed by atoms with Gasteiger partial charge in [-0.15, -0.1) is 0 Å². The van der Waals surface area contributed by atoms with Crippen LogP contribution < -0.4 is 0 Å². The molecule has 2 heterocycles. The molecule has 2 aromatic heterocycles. The van der Waals surface area contributed by atoms with Crippen molar-refractivity contribution in [3.8, 4) is 22.7 Å². The summed E-state index contributed by atoms with van der Waals surface area (Å²) in [6.07, 6.45) is 0.702. The first-order valence-corrected chi connectivity index (χ1v) is 8.14. The number of nitrogens with zero attached hydrogens (tertiary/aromatic N) is 2. The normalized spacial score (nSPS) is 11.3. The number of aromatic nitrogens is 2. The van der Waals surface area contributed by atoms with Gasteiger partial charge in [0, 0.05) is 23.1 Å². The van der Waals surface area contributed by atoms with E-state index in [-0.39, 0.29) is 5.69 Å². The van der Waals surface area contributed by atoms with Gasteiger partial charge in [0.2, 0.25) is 0 Å². The number of aromatic hydroxyl groups is 1. The molecule has 0 aliphatic rings. The molecular weight excluding hydrogens is 354 g/mol. The summed E-state index contributed by atoms with van der Waals surface area (Å²) in [5.74, 6) is -2.77. The highest BCUT2D eigenvalue weighted by Crippen LogP contribution is 2.39. The first-order chi connectivity index (χ1) is 12.9. The minimum absolute atomic E-state index is 0.127. The Hall–Kier alpha value is -3.48. The molecule has 5 nitrogen and oxygen atoms in total. The molecule has 2 aromatic carbocycles. The highest BCUT2D eigenvalue weighted by atomic mass is 19.1. The monoisotopic (exact) mass is 368 g/mol. The van der Waals surface area contributed by atoms with Crippen LogP contribution >= 0.6 is 0 Å². The molecule has 0 unspecified atom stereocenters. The Morgan fingerprint density at radius 2 is 1.81 bits per heavy atom. The lowest BCUT2D eigenvalue weighted by Gasteiger charge is -2.12. The van der Waals surface area contributed by atoms with Crippen molar-refractivity contribution in [1.82, 2.24) is 9.72 Å². The first-order valence-electron chi connectivity index (χ1n) is 8.14. The SMILES string of the molecule is Cc1noc(C)c1-c1c(C=O)c2ccccc2n1-c1cc(F)c(O)c(F)c1. The van der Waals surface area contributed by atoms with Crippen molar-refractivity contribution >= 4 is 17.2 Å². The van der Waals surface area contributed by atoms with Gasteiger partial charge in [-0.3, -0.25) is 4.79 Å². The average Bonchev–Trinajstić information content (AvgIpc) is 3.15. The number of hydrogen-bond donors (Lipinski definition) is 1. The average molecular weight is 368 g/mol. The number of aryl methyl sites for hydroxylation is 2. The third kappa shape index (κ3) is 2.43. The van der Waals surface area contributed by atoms with Crippen LogP contribution in [0.15, 0.2) is 40.9 Å². The number of phenolic OH excluding ortho intramolecular Hbond substituents is 1. The third-order valence-electron chi connectivity index (χ3n) is 4.56. The van der Waals surface area contributed by atoms with Gasteiger partial charge in [-0.1, -0.05) is 23.4 Å². The number of halogens is 2. The second-order valence-electron chi connectivity index (χ2n) is 6.19. The van der Waals surface area contributed by atoms with Gasteiger partial charge in [0.05, 0.1) is 28.2 Å². The van der Waals surface area contributed by atoms with E-state index in [0.717, 1.165) is 12.1 Å². The topological polar surface area (TPSA) is 68.3 Å². The van der Waals surface area contributed by atoms with Gasteiger partial charge in [-0.05, 0) is 19.9 Å². The van der Waals surface area contributed by atoms with E-state index in [4.69, 9.17) is 4.52 Å². The maximum atomic E-state index is 14.0. The zero-order chi connectivity index (χ0) is 19.3. The minimum Gasteiger partial charge on any atom is -0.503 e. The summed E-state index contributed by atoms with van der Waals surface area (Å²) < 4.78 is 34.9. The van der Waals surface area contributed by atoms with Crippen LogP contribution in [0.25, 0.3) is 27.8 Å². The molecule has 0 atom stereocenters. The highest BCUT2D eigenvalue weighted by Gasteiger charge is 2.25.